The van der Waals surface area contributed by atoms with Gasteiger partial charge in [-0.1, -0.05) is 303 Å². The third-order valence-electron chi connectivity index (χ3n) is 22.9. The summed E-state index contributed by atoms with van der Waals surface area (Å²) >= 11 is 0. The molecule has 0 atom stereocenters. The van der Waals surface area contributed by atoms with Crippen molar-refractivity contribution in [1.29, 1.82) is 0 Å². The molecule has 0 bridgehead atoms. The topological polar surface area (TPSA) is 77.3 Å². The van der Waals surface area contributed by atoms with E-state index in [9.17, 15) is 0 Å². The minimum Gasteiger partial charge on any atom is -0.256 e. The summed E-state index contributed by atoms with van der Waals surface area (Å²) in [4.78, 5) is 31.7. The van der Waals surface area contributed by atoms with E-state index < -0.39 is 10.8 Å². The van der Waals surface area contributed by atoms with Gasteiger partial charge in [-0.25, -0.2) is 19.9 Å². The van der Waals surface area contributed by atoms with Gasteiger partial charge in [0, 0.05) is 67.7 Å². The Hall–Kier alpha value is -13.9. The molecule has 0 aliphatic heterocycles. The lowest BCUT2D eigenvalue weighted by molar-refractivity contribution is 0.794. The Morgan fingerprint density at radius 1 is 0.170 bits per heavy atom. The van der Waals surface area contributed by atoms with Crippen LogP contribution in [0.25, 0.3) is 167 Å². The number of rotatable bonds is 9. The third kappa shape index (κ3) is 8.98. The molecular weight excluding hydrogens is 1290 g/mol. The van der Waals surface area contributed by atoms with E-state index >= 15 is 0 Å². The number of fused-ring (bicyclic) bond motifs is 22. The van der Waals surface area contributed by atoms with Crippen LogP contribution in [0.4, 0.5) is 0 Å². The largest absolute Gasteiger partial charge is 0.256 e. The van der Waals surface area contributed by atoms with Crippen LogP contribution in [-0.2, 0) is 10.8 Å². The van der Waals surface area contributed by atoms with Crippen molar-refractivity contribution in [3.63, 3.8) is 0 Å². The predicted molar refractivity (Wildman–Crippen MR) is 430 cm³/mol. The Labute approximate surface area is 613 Å². The van der Waals surface area contributed by atoms with E-state index in [1.165, 1.54) is 89.0 Å². The Morgan fingerprint density at radius 2 is 0.406 bits per heavy atom. The van der Waals surface area contributed by atoms with Gasteiger partial charge in [0.25, 0.3) is 0 Å². The molecule has 22 rings (SSSR count). The van der Waals surface area contributed by atoms with E-state index in [0.29, 0.717) is 11.6 Å². The van der Waals surface area contributed by atoms with Gasteiger partial charge < -0.3 is 0 Å². The van der Waals surface area contributed by atoms with Crippen LogP contribution in [-0.4, -0.2) is 29.9 Å². The molecule has 2 spiro atoms. The number of hydrogen-bond donors (Lipinski definition) is 0. The molecule has 0 N–H and O–H groups in total. The minimum absolute atomic E-state index is 0.513. The van der Waals surface area contributed by atoms with Crippen molar-refractivity contribution in [2.24, 2.45) is 0 Å². The first-order valence-electron chi connectivity index (χ1n) is 36.3. The summed E-state index contributed by atoms with van der Waals surface area (Å²) < 4.78 is 0. The van der Waals surface area contributed by atoms with E-state index in [4.69, 9.17) is 29.9 Å². The fraction of sp³-hybridized carbons (Fsp3) is 0.0200. The number of nitrogens with zero attached hydrogens (tertiary/aromatic N) is 6. The molecule has 6 nitrogen and oxygen atoms in total. The van der Waals surface area contributed by atoms with Crippen molar-refractivity contribution < 1.29 is 0 Å². The minimum atomic E-state index is -0.513. The fourth-order valence-electron chi connectivity index (χ4n) is 18.0. The van der Waals surface area contributed by atoms with Crippen LogP contribution < -0.4 is 0 Å². The van der Waals surface area contributed by atoms with Crippen molar-refractivity contribution >= 4 is 21.8 Å². The first kappa shape index (κ1) is 59.7. The molecule has 0 unspecified atom stereocenters. The van der Waals surface area contributed by atoms with Crippen molar-refractivity contribution in [3.8, 4) is 146 Å². The van der Waals surface area contributed by atoms with E-state index in [1.807, 2.05) is 24.5 Å². The maximum Gasteiger partial charge on any atom is 0.160 e. The van der Waals surface area contributed by atoms with Gasteiger partial charge in [-0.2, -0.15) is 0 Å². The van der Waals surface area contributed by atoms with Crippen LogP contribution in [0, 0.1) is 0 Å². The molecule has 4 aromatic heterocycles. The van der Waals surface area contributed by atoms with Crippen LogP contribution in [0.3, 0.4) is 0 Å². The summed E-state index contributed by atoms with van der Waals surface area (Å²) in [6.45, 7) is 0. The molecule has 0 amide bonds. The van der Waals surface area contributed by atoms with Gasteiger partial charge in [0.05, 0.1) is 44.6 Å². The highest BCUT2D eigenvalue weighted by molar-refractivity contribution is 5.99. The normalized spacial score (nSPS) is 13.2. The molecule has 106 heavy (non-hydrogen) atoms. The van der Waals surface area contributed by atoms with Crippen LogP contribution in [0.5, 0.6) is 0 Å². The quantitative estimate of drug-likeness (QED) is 0.143. The van der Waals surface area contributed by atoms with Gasteiger partial charge in [-0.15, -0.1) is 0 Å². The van der Waals surface area contributed by atoms with Gasteiger partial charge in [-0.3, -0.25) is 9.97 Å². The van der Waals surface area contributed by atoms with Gasteiger partial charge in [0.15, 0.2) is 11.6 Å². The number of pyridine rings is 2. The monoisotopic (exact) mass is 1340 g/mol. The molecule has 4 aliphatic carbocycles. The van der Waals surface area contributed by atoms with Gasteiger partial charge in [0.1, 0.15) is 0 Å². The standard InChI is InChI=1S/C100H60N6/c1-15-31-91-69(17-1)53-73(59-101-91)63-37-45-67(46-38-63)95-57-93(103-97(105-95)71-49-51-81-79-23-7-13-29-87(79)99(89(81)55-71)83-25-9-3-19-75(83)76-20-4-10-26-84(76)99)65-41-33-61(34-42-65)62-35-43-66(44-36-62)94-58-96(68-47-39-64(40-48-68)74-54-70-18-2-16-32-92(70)102-60-74)106-98(104-94)72-50-52-82-80-24-8-14-30-88(80)100(90(82)56-72)85-27-11-5-21-77(85)78-22-6-12-28-86(78)100/h1-60H. The number of aromatic nitrogens is 6. The summed E-state index contributed by atoms with van der Waals surface area (Å²) in [5.74, 6) is 1.32. The average molecular weight is 1350 g/mol. The number of hydrogen-bond acceptors (Lipinski definition) is 6. The maximum atomic E-state index is 5.53. The lowest BCUT2D eigenvalue weighted by Crippen LogP contribution is -2.25. The maximum absolute atomic E-state index is 5.53. The van der Waals surface area contributed by atoms with Crippen LogP contribution in [0.2, 0.25) is 0 Å². The van der Waals surface area contributed by atoms with Crippen LogP contribution >= 0.6 is 0 Å². The first-order valence-corrected chi connectivity index (χ1v) is 36.3. The Balaban J connectivity index is 0.638. The summed E-state index contributed by atoms with van der Waals surface area (Å²) in [6.07, 6.45) is 3.92. The second kappa shape index (κ2) is 23.3. The fourth-order valence-corrected chi connectivity index (χ4v) is 18.0. The van der Waals surface area contributed by atoms with Gasteiger partial charge in [-0.05, 0) is 160 Å². The highest BCUT2D eigenvalue weighted by Crippen LogP contribution is 2.65. The molecule has 4 aliphatic rings. The average Bonchev–Trinajstić information content (AvgIpc) is 1.52. The second-order valence-corrected chi connectivity index (χ2v) is 28.4. The van der Waals surface area contributed by atoms with Crippen LogP contribution in [0.1, 0.15) is 44.5 Å². The first-order chi connectivity index (χ1) is 52.5. The number of benzene rings is 14. The predicted octanol–water partition coefficient (Wildman–Crippen LogP) is 24.1. The molecule has 0 fully saturated rings. The molecule has 0 saturated carbocycles. The van der Waals surface area contributed by atoms with Crippen LogP contribution in [0.15, 0.2) is 364 Å². The SMILES string of the molecule is c1ccc2c(c1)-c1ccccc1C21c2ccccc2-c2ccc(-c3nc(-c4ccc(-c5ccc(-c6cc(-c7ccc(-c8cnc9ccccc9c8)cc7)nc(-c7ccc8c(c7)C7(c9ccccc9-c9ccccc97)c7ccccc7-8)n6)cc5)cc4)cc(-c4ccc(-c5cnc6ccccc6c5)cc4)n3)cc21. The van der Waals surface area contributed by atoms with Crippen molar-refractivity contribution in [1.82, 2.24) is 29.9 Å². The molecule has 4 heterocycles. The molecule has 0 radical (unpaired) electrons. The van der Waals surface area contributed by atoms with Crippen molar-refractivity contribution in [2.45, 2.75) is 10.8 Å². The summed E-state index contributed by atoms with van der Waals surface area (Å²) in [5.41, 5.74) is 36.9. The van der Waals surface area contributed by atoms with Gasteiger partial charge >= 0.3 is 0 Å². The molecule has 14 aromatic carbocycles. The summed E-state index contributed by atoms with van der Waals surface area (Å²) in [6, 6.07) is 128. The third-order valence-corrected chi connectivity index (χ3v) is 22.9. The molecule has 490 valence electrons. The van der Waals surface area contributed by atoms with E-state index in [1.54, 1.807) is 0 Å². The Kier molecular flexibility index (Phi) is 13.1. The Morgan fingerprint density at radius 3 is 0.708 bits per heavy atom. The molecule has 6 heteroatoms. The molecule has 0 saturated heterocycles. The second-order valence-electron chi connectivity index (χ2n) is 28.4. The number of para-hydroxylation sites is 2. The highest BCUT2D eigenvalue weighted by Gasteiger charge is 2.53. The highest BCUT2D eigenvalue weighted by atomic mass is 14.9. The molecule has 18 aromatic rings. The lowest BCUT2D eigenvalue weighted by atomic mass is 9.70. The Bertz CT molecular complexity index is 6160. The molecular formula is C100H60N6. The summed E-state index contributed by atoms with van der Waals surface area (Å²) in [5, 5.41) is 2.21. The zero-order valence-electron chi connectivity index (χ0n) is 57.3. The van der Waals surface area contributed by atoms with Gasteiger partial charge in [0.2, 0.25) is 0 Å². The van der Waals surface area contributed by atoms with E-state index in [2.05, 4.69) is 340 Å². The van der Waals surface area contributed by atoms with E-state index in [0.717, 1.165) is 111 Å². The zero-order chi connectivity index (χ0) is 69.6. The van der Waals surface area contributed by atoms with Crippen molar-refractivity contribution in [3.05, 3.63) is 409 Å². The lowest BCUT2D eigenvalue weighted by Gasteiger charge is -2.30. The summed E-state index contributed by atoms with van der Waals surface area (Å²) in [7, 11) is 0. The van der Waals surface area contributed by atoms with Crippen molar-refractivity contribution in [2.75, 3.05) is 0 Å². The zero-order valence-corrected chi connectivity index (χ0v) is 57.3. The smallest absolute Gasteiger partial charge is 0.160 e. The van der Waals surface area contributed by atoms with E-state index in [-0.39, 0.29) is 0 Å².